The number of allylic oxidation sites excluding steroid dienone is 1. The maximum atomic E-state index is 12.9. The molecule has 0 bridgehead atoms. The molecule has 3 atom stereocenters. The molecule has 27 heavy (non-hydrogen) atoms. The zero-order valence-electron chi connectivity index (χ0n) is 15.5. The van der Waals surface area contributed by atoms with Crippen molar-refractivity contribution in [1.29, 1.82) is 0 Å². The van der Waals surface area contributed by atoms with Gasteiger partial charge in [-0.15, -0.1) is 0 Å². The Kier molecular flexibility index (Phi) is 4.63. The predicted molar refractivity (Wildman–Crippen MR) is 98.9 cm³/mol. The standard InChI is InChI=1S/C19H24N2O5S/c1-13-18(26-9-8-25-13)19(22)20-10-15-11-21(27(2,23)24)17(16(15)12-20)14-6-4-3-5-7-14/h3-7,15-17H,8-12H2,1-2H3/t15-,16-,17+/m1/s1. The van der Waals surface area contributed by atoms with E-state index in [1.54, 1.807) is 16.1 Å². The molecule has 146 valence electrons. The Balaban J connectivity index is 1.60. The first-order valence-corrected chi connectivity index (χ1v) is 11.0. The number of carbonyl (C=O) groups is 1. The third-order valence-electron chi connectivity index (χ3n) is 5.64. The van der Waals surface area contributed by atoms with Crippen LogP contribution in [-0.4, -0.2) is 62.6 Å². The highest BCUT2D eigenvalue weighted by Crippen LogP contribution is 2.46. The lowest BCUT2D eigenvalue weighted by molar-refractivity contribution is -0.132. The molecule has 7 nitrogen and oxygen atoms in total. The van der Waals surface area contributed by atoms with Gasteiger partial charge in [-0.25, -0.2) is 8.42 Å². The minimum absolute atomic E-state index is 0.0662. The average Bonchev–Trinajstić information content (AvgIpc) is 3.20. The van der Waals surface area contributed by atoms with E-state index in [9.17, 15) is 13.2 Å². The molecule has 2 saturated heterocycles. The third kappa shape index (κ3) is 3.32. The van der Waals surface area contributed by atoms with Crippen LogP contribution in [0.5, 0.6) is 0 Å². The lowest BCUT2D eigenvalue weighted by atomic mass is 9.90. The minimum atomic E-state index is -3.33. The molecule has 0 aromatic heterocycles. The van der Waals surface area contributed by atoms with Crippen molar-refractivity contribution in [2.45, 2.75) is 13.0 Å². The Morgan fingerprint density at radius 2 is 1.78 bits per heavy atom. The number of sulfonamides is 1. The van der Waals surface area contributed by atoms with Crippen LogP contribution in [0.4, 0.5) is 0 Å². The van der Waals surface area contributed by atoms with E-state index in [2.05, 4.69) is 0 Å². The number of rotatable bonds is 3. The molecule has 0 aliphatic carbocycles. The van der Waals surface area contributed by atoms with Crippen molar-refractivity contribution < 1.29 is 22.7 Å². The van der Waals surface area contributed by atoms with Gasteiger partial charge >= 0.3 is 0 Å². The Morgan fingerprint density at radius 3 is 2.44 bits per heavy atom. The number of likely N-dealkylation sites (tertiary alicyclic amines) is 1. The summed E-state index contributed by atoms with van der Waals surface area (Å²) < 4.78 is 37.3. The SMILES string of the molecule is CC1=C(C(=O)N2C[C@@H]3CN(S(C)(=O)=O)[C@@H](c4ccccc4)[C@@H]3C2)OCCO1. The van der Waals surface area contributed by atoms with Crippen LogP contribution < -0.4 is 0 Å². The maximum absolute atomic E-state index is 12.9. The first kappa shape index (κ1) is 18.3. The van der Waals surface area contributed by atoms with Gasteiger partial charge < -0.3 is 14.4 Å². The smallest absolute Gasteiger partial charge is 0.292 e. The van der Waals surface area contributed by atoms with Crippen LogP contribution in [0.1, 0.15) is 18.5 Å². The largest absolute Gasteiger partial charge is 0.491 e. The monoisotopic (exact) mass is 392 g/mol. The predicted octanol–water partition coefficient (Wildman–Crippen LogP) is 1.36. The summed E-state index contributed by atoms with van der Waals surface area (Å²) in [5.41, 5.74) is 0.970. The van der Waals surface area contributed by atoms with Crippen LogP contribution in [0.2, 0.25) is 0 Å². The Bertz CT molecular complexity index is 867. The second-order valence-electron chi connectivity index (χ2n) is 7.40. The second kappa shape index (κ2) is 6.83. The van der Waals surface area contributed by atoms with E-state index in [1.165, 1.54) is 6.26 Å². The van der Waals surface area contributed by atoms with E-state index in [4.69, 9.17) is 9.47 Å². The van der Waals surface area contributed by atoms with Crippen molar-refractivity contribution in [3.8, 4) is 0 Å². The normalized spacial score (nSPS) is 28.7. The highest BCUT2D eigenvalue weighted by Gasteiger charge is 2.51. The molecule has 2 fully saturated rings. The summed E-state index contributed by atoms with van der Waals surface area (Å²) in [5.74, 6) is 0.799. The summed E-state index contributed by atoms with van der Waals surface area (Å²) >= 11 is 0. The molecule has 4 rings (SSSR count). The van der Waals surface area contributed by atoms with Gasteiger partial charge in [0.1, 0.15) is 19.0 Å². The quantitative estimate of drug-likeness (QED) is 0.776. The first-order chi connectivity index (χ1) is 12.9. The van der Waals surface area contributed by atoms with Crippen LogP contribution in [0.15, 0.2) is 41.9 Å². The van der Waals surface area contributed by atoms with Gasteiger partial charge in [-0.05, 0) is 18.4 Å². The van der Waals surface area contributed by atoms with Crippen LogP contribution in [0, 0.1) is 11.8 Å². The van der Waals surface area contributed by atoms with Crippen LogP contribution in [-0.2, 0) is 24.3 Å². The van der Waals surface area contributed by atoms with Gasteiger partial charge in [0.05, 0.1) is 12.3 Å². The Labute approximate surface area is 159 Å². The number of fused-ring (bicyclic) bond motifs is 1. The van der Waals surface area contributed by atoms with Gasteiger partial charge in [-0.3, -0.25) is 4.79 Å². The van der Waals surface area contributed by atoms with Crippen molar-refractivity contribution in [3.05, 3.63) is 47.4 Å². The summed E-state index contributed by atoms with van der Waals surface area (Å²) in [5, 5.41) is 0. The average molecular weight is 392 g/mol. The highest BCUT2D eigenvalue weighted by molar-refractivity contribution is 7.88. The van der Waals surface area contributed by atoms with Crippen LogP contribution in [0.3, 0.4) is 0 Å². The highest BCUT2D eigenvalue weighted by atomic mass is 32.2. The van der Waals surface area contributed by atoms with E-state index in [0.717, 1.165) is 5.56 Å². The number of amides is 1. The Hall–Kier alpha value is -2.06. The van der Waals surface area contributed by atoms with Gasteiger partial charge in [-0.1, -0.05) is 30.3 Å². The number of benzene rings is 1. The molecule has 1 amide bonds. The first-order valence-electron chi connectivity index (χ1n) is 9.14. The minimum Gasteiger partial charge on any atom is -0.491 e. The summed E-state index contributed by atoms with van der Waals surface area (Å²) in [6, 6.07) is 9.43. The molecular weight excluding hydrogens is 368 g/mol. The molecule has 0 radical (unpaired) electrons. The fraction of sp³-hybridized carbons (Fsp3) is 0.526. The van der Waals surface area contributed by atoms with Gasteiger partial charge in [0.2, 0.25) is 15.8 Å². The fourth-order valence-electron chi connectivity index (χ4n) is 4.44. The number of hydrogen-bond acceptors (Lipinski definition) is 5. The Morgan fingerprint density at radius 1 is 1.07 bits per heavy atom. The van der Waals surface area contributed by atoms with Gasteiger partial charge in [0.25, 0.3) is 5.91 Å². The summed E-state index contributed by atoms with van der Waals surface area (Å²) in [4.78, 5) is 14.7. The van der Waals surface area contributed by atoms with Gasteiger partial charge in [-0.2, -0.15) is 4.31 Å². The van der Waals surface area contributed by atoms with Crippen molar-refractivity contribution in [3.63, 3.8) is 0 Å². The van der Waals surface area contributed by atoms with Gasteiger partial charge in [0.15, 0.2) is 0 Å². The summed E-state index contributed by atoms with van der Waals surface area (Å²) in [7, 11) is -3.33. The van der Waals surface area contributed by atoms with Gasteiger partial charge in [0, 0.05) is 25.6 Å². The number of hydrogen-bond donors (Lipinski definition) is 0. The van der Waals surface area contributed by atoms with E-state index < -0.39 is 10.0 Å². The van der Waals surface area contributed by atoms with Crippen molar-refractivity contribution in [2.75, 3.05) is 39.1 Å². The fourth-order valence-corrected chi connectivity index (χ4v) is 5.59. The molecule has 3 heterocycles. The van der Waals surface area contributed by atoms with E-state index in [-0.39, 0.29) is 29.5 Å². The van der Waals surface area contributed by atoms with Crippen molar-refractivity contribution in [1.82, 2.24) is 9.21 Å². The topological polar surface area (TPSA) is 76.2 Å². The maximum Gasteiger partial charge on any atom is 0.292 e. The molecule has 8 heteroatoms. The van der Waals surface area contributed by atoms with E-state index in [0.29, 0.717) is 38.6 Å². The zero-order chi connectivity index (χ0) is 19.2. The molecule has 1 aromatic carbocycles. The number of nitrogens with zero attached hydrogens (tertiary/aromatic N) is 2. The van der Waals surface area contributed by atoms with Crippen molar-refractivity contribution >= 4 is 15.9 Å². The molecule has 0 spiro atoms. The van der Waals surface area contributed by atoms with Crippen LogP contribution in [0.25, 0.3) is 0 Å². The lowest BCUT2D eigenvalue weighted by Gasteiger charge is -2.29. The van der Waals surface area contributed by atoms with Crippen LogP contribution >= 0.6 is 0 Å². The van der Waals surface area contributed by atoms with E-state index in [1.807, 2.05) is 30.3 Å². The second-order valence-corrected chi connectivity index (χ2v) is 9.34. The molecule has 3 aliphatic rings. The zero-order valence-corrected chi connectivity index (χ0v) is 16.3. The molecule has 0 saturated carbocycles. The number of ether oxygens (including phenoxy) is 2. The van der Waals surface area contributed by atoms with E-state index >= 15 is 0 Å². The van der Waals surface area contributed by atoms with Crippen molar-refractivity contribution in [2.24, 2.45) is 11.8 Å². The molecule has 3 aliphatic heterocycles. The third-order valence-corrected chi connectivity index (χ3v) is 6.87. The summed E-state index contributed by atoms with van der Waals surface area (Å²) in [6.45, 7) is 4.03. The molecule has 0 unspecified atom stereocenters. The molecule has 0 N–H and O–H groups in total. The molecule has 1 aromatic rings. The number of carbonyl (C=O) groups excluding carboxylic acids is 1. The summed E-state index contributed by atoms with van der Waals surface area (Å²) in [6.07, 6.45) is 1.26. The lowest BCUT2D eigenvalue weighted by Crippen LogP contribution is -2.38. The molecular formula is C19H24N2O5S.